The van der Waals surface area contributed by atoms with E-state index in [0.29, 0.717) is 23.9 Å². The topological polar surface area (TPSA) is 68.5 Å². The van der Waals surface area contributed by atoms with Crippen molar-refractivity contribution in [3.8, 4) is 0 Å². The largest absolute Gasteiger partial charge is 0.466 e. The number of carbonyl (C=O) groups excluding carboxylic acids is 1. The first kappa shape index (κ1) is 15.1. The number of pyridine rings is 1. The van der Waals surface area contributed by atoms with Crippen molar-refractivity contribution in [1.82, 2.24) is 10.1 Å². The normalized spacial score (nSPS) is 18.7. The summed E-state index contributed by atoms with van der Waals surface area (Å²) >= 11 is 6.08. The number of anilines is 1. The van der Waals surface area contributed by atoms with Crippen LogP contribution in [0.5, 0.6) is 0 Å². The van der Waals surface area contributed by atoms with Crippen molar-refractivity contribution >= 4 is 34.4 Å². The third-order valence-corrected chi connectivity index (χ3v) is 4.11. The van der Waals surface area contributed by atoms with Crippen molar-refractivity contribution in [2.75, 3.05) is 24.6 Å². The Labute approximate surface area is 133 Å². The summed E-state index contributed by atoms with van der Waals surface area (Å²) in [6.07, 6.45) is 1.74. The van der Waals surface area contributed by atoms with Crippen LogP contribution in [0.1, 0.15) is 25.5 Å². The minimum Gasteiger partial charge on any atom is -0.466 e. The van der Waals surface area contributed by atoms with E-state index in [1.165, 1.54) is 0 Å². The van der Waals surface area contributed by atoms with Crippen LogP contribution in [0.15, 0.2) is 10.6 Å². The first-order chi connectivity index (χ1) is 10.6. The van der Waals surface area contributed by atoms with Gasteiger partial charge >= 0.3 is 5.97 Å². The Morgan fingerprint density at radius 3 is 3.18 bits per heavy atom. The zero-order chi connectivity index (χ0) is 15.7. The highest BCUT2D eigenvalue weighted by molar-refractivity contribution is 6.30. The van der Waals surface area contributed by atoms with Gasteiger partial charge in [-0.1, -0.05) is 16.8 Å². The molecule has 1 aliphatic rings. The predicted molar refractivity (Wildman–Crippen MR) is 83.1 cm³/mol. The van der Waals surface area contributed by atoms with Crippen molar-refractivity contribution in [3.63, 3.8) is 0 Å². The van der Waals surface area contributed by atoms with Gasteiger partial charge in [0.1, 0.15) is 11.0 Å². The molecule has 0 aromatic carbocycles. The lowest BCUT2D eigenvalue weighted by Gasteiger charge is -2.32. The smallest absolute Gasteiger partial charge is 0.310 e. The average molecular weight is 324 g/mol. The van der Waals surface area contributed by atoms with Crippen LogP contribution >= 0.6 is 11.6 Å². The van der Waals surface area contributed by atoms with Crippen LogP contribution in [-0.4, -0.2) is 35.8 Å². The van der Waals surface area contributed by atoms with Gasteiger partial charge in [-0.25, -0.2) is 4.98 Å². The molecule has 22 heavy (non-hydrogen) atoms. The highest BCUT2D eigenvalue weighted by Gasteiger charge is 2.29. The molecule has 1 fully saturated rings. The molecular formula is C15H18ClN3O3. The van der Waals surface area contributed by atoms with Gasteiger partial charge in [-0.05, 0) is 26.7 Å². The number of aromatic nitrogens is 2. The minimum atomic E-state index is -0.146. The number of ether oxygens (including phenoxy) is 1. The first-order valence-electron chi connectivity index (χ1n) is 7.44. The second-order valence-electron chi connectivity index (χ2n) is 5.45. The Balaban J connectivity index is 1.93. The highest BCUT2D eigenvalue weighted by atomic mass is 35.5. The molecular weight excluding hydrogens is 306 g/mol. The van der Waals surface area contributed by atoms with Crippen LogP contribution in [0.2, 0.25) is 5.15 Å². The minimum absolute atomic E-state index is 0.135. The number of rotatable bonds is 3. The number of halogens is 1. The molecule has 1 atom stereocenters. The molecule has 0 amide bonds. The third kappa shape index (κ3) is 2.75. The summed E-state index contributed by atoms with van der Waals surface area (Å²) in [6.45, 7) is 5.49. The Morgan fingerprint density at radius 1 is 1.59 bits per heavy atom. The van der Waals surface area contributed by atoms with E-state index in [1.807, 2.05) is 13.8 Å². The summed E-state index contributed by atoms with van der Waals surface area (Å²) in [5, 5.41) is 5.20. The van der Waals surface area contributed by atoms with Crippen LogP contribution in [0.4, 0.5) is 5.82 Å². The fraction of sp³-hybridized carbons (Fsp3) is 0.533. The molecule has 1 saturated heterocycles. The molecule has 3 rings (SSSR count). The molecule has 0 bridgehead atoms. The van der Waals surface area contributed by atoms with E-state index in [0.717, 1.165) is 36.3 Å². The van der Waals surface area contributed by atoms with E-state index in [9.17, 15) is 4.79 Å². The Bertz CT molecular complexity index is 701. The van der Waals surface area contributed by atoms with E-state index in [2.05, 4.69) is 15.0 Å². The van der Waals surface area contributed by atoms with Gasteiger partial charge in [0.05, 0.1) is 23.6 Å². The van der Waals surface area contributed by atoms with Gasteiger partial charge < -0.3 is 14.2 Å². The van der Waals surface area contributed by atoms with Gasteiger partial charge in [-0.3, -0.25) is 4.79 Å². The monoisotopic (exact) mass is 323 g/mol. The van der Waals surface area contributed by atoms with Gasteiger partial charge in [-0.15, -0.1) is 0 Å². The van der Waals surface area contributed by atoms with Gasteiger partial charge in [0.25, 0.3) is 0 Å². The van der Waals surface area contributed by atoms with Crippen LogP contribution in [0.25, 0.3) is 11.0 Å². The summed E-state index contributed by atoms with van der Waals surface area (Å²) < 4.78 is 10.4. The van der Waals surface area contributed by atoms with Crippen molar-refractivity contribution < 1.29 is 14.1 Å². The van der Waals surface area contributed by atoms with Crippen LogP contribution in [0.3, 0.4) is 0 Å². The van der Waals surface area contributed by atoms with E-state index in [4.69, 9.17) is 20.9 Å². The van der Waals surface area contributed by atoms with E-state index in [1.54, 1.807) is 6.07 Å². The average Bonchev–Trinajstić information content (AvgIpc) is 2.88. The lowest BCUT2D eigenvalue weighted by molar-refractivity contribution is -0.148. The van der Waals surface area contributed by atoms with E-state index in [-0.39, 0.29) is 11.9 Å². The molecule has 2 aromatic heterocycles. The Kier molecular flexibility index (Phi) is 4.20. The molecule has 118 valence electrons. The SMILES string of the molecule is CCOC(=O)C1CCCN(c2nc(Cl)cc3onc(C)c23)C1. The fourth-order valence-corrected chi connectivity index (χ4v) is 3.09. The molecule has 2 aromatic rings. The molecule has 0 N–H and O–H groups in total. The molecule has 3 heterocycles. The molecule has 1 aliphatic heterocycles. The number of nitrogens with zero attached hydrogens (tertiary/aromatic N) is 3. The number of hydrogen-bond donors (Lipinski definition) is 0. The molecule has 0 aliphatic carbocycles. The maximum absolute atomic E-state index is 12.0. The van der Waals surface area contributed by atoms with Crippen molar-refractivity contribution in [3.05, 3.63) is 16.9 Å². The maximum atomic E-state index is 12.0. The lowest BCUT2D eigenvalue weighted by Crippen LogP contribution is -2.40. The maximum Gasteiger partial charge on any atom is 0.310 e. The summed E-state index contributed by atoms with van der Waals surface area (Å²) in [7, 11) is 0. The third-order valence-electron chi connectivity index (χ3n) is 3.92. The zero-order valence-electron chi connectivity index (χ0n) is 12.6. The second-order valence-corrected chi connectivity index (χ2v) is 5.83. The summed E-state index contributed by atoms with van der Waals surface area (Å²) in [4.78, 5) is 18.5. The molecule has 7 heteroatoms. The number of hydrogen-bond acceptors (Lipinski definition) is 6. The Hall–Kier alpha value is -1.82. The quantitative estimate of drug-likeness (QED) is 0.639. The summed E-state index contributed by atoms with van der Waals surface area (Å²) in [5.41, 5.74) is 1.39. The van der Waals surface area contributed by atoms with Crippen molar-refractivity contribution in [2.24, 2.45) is 5.92 Å². The highest BCUT2D eigenvalue weighted by Crippen LogP contribution is 2.32. The van der Waals surface area contributed by atoms with Gasteiger partial charge in [0.15, 0.2) is 5.58 Å². The molecule has 0 radical (unpaired) electrons. The molecule has 1 unspecified atom stereocenters. The number of fused-ring (bicyclic) bond motifs is 1. The zero-order valence-corrected chi connectivity index (χ0v) is 13.4. The van der Waals surface area contributed by atoms with Gasteiger partial charge in [0.2, 0.25) is 0 Å². The summed E-state index contributed by atoms with van der Waals surface area (Å²) in [5.74, 6) is 0.451. The number of aryl methyl sites for hydroxylation is 1. The number of esters is 1. The van der Waals surface area contributed by atoms with Gasteiger partial charge in [-0.2, -0.15) is 0 Å². The molecule has 0 spiro atoms. The van der Waals surface area contributed by atoms with E-state index >= 15 is 0 Å². The van der Waals surface area contributed by atoms with Crippen molar-refractivity contribution in [1.29, 1.82) is 0 Å². The lowest BCUT2D eigenvalue weighted by atomic mass is 9.98. The van der Waals surface area contributed by atoms with Crippen molar-refractivity contribution in [2.45, 2.75) is 26.7 Å². The fourth-order valence-electron chi connectivity index (χ4n) is 2.91. The van der Waals surface area contributed by atoms with Crippen LogP contribution in [0, 0.1) is 12.8 Å². The standard InChI is InChI=1S/C15H18ClN3O3/c1-3-21-15(20)10-5-4-6-19(8-10)14-13-9(2)18-22-11(13)7-12(16)17-14/h7,10H,3-6,8H2,1-2H3. The van der Waals surface area contributed by atoms with Crippen LogP contribution in [-0.2, 0) is 9.53 Å². The number of piperidine rings is 1. The van der Waals surface area contributed by atoms with E-state index < -0.39 is 0 Å². The second kappa shape index (κ2) is 6.12. The number of carbonyl (C=O) groups is 1. The molecule has 6 nitrogen and oxygen atoms in total. The molecule has 0 saturated carbocycles. The van der Waals surface area contributed by atoms with Crippen LogP contribution < -0.4 is 4.90 Å². The predicted octanol–water partition coefficient (Wildman–Crippen LogP) is 2.96. The summed E-state index contributed by atoms with van der Waals surface area (Å²) in [6, 6.07) is 1.66. The first-order valence-corrected chi connectivity index (χ1v) is 7.82. The Morgan fingerprint density at radius 2 is 2.41 bits per heavy atom. The van der Waals surface area contributed by atoms with Gasteiger partial charge in [0, 0.05) is 19.2 Å².